The van der Waals surface area contributed by atoms with Crippen LogP contribution in [-0.4, -0.2) is 5.84 Å². The first-order valence-corrected chi connectivity index (χ1v) is 13.0. The number of anilines is 2. The maximum atomic E-state index is 4.87. The molecule has 0 spiro atoms. The van der Waals surface area contributed by atoms with Gasteiger partial charge in [-0.05, 0) is 70.8 Å². The number of rotatable bonds is 3. The van der Waals surface area contributed by atoms with Crippen molar-refractivity contribution in [1.82, 2.24) is 0 Å². The molecule has 0 amide bonds. The number of amidine groups is 1. The molecule has 1 atom stereocenters. The first kappa shape index (κ1) is 21.8. The topological polar surface area (TPSA) is 15.6 Å². The summed E-state index contributed by atoms with van der Waals surface area (Å²) in [5.41, 5.74) is 9.28. The normalized spacial score (nSPS) is 15.9. The van der Waals surface area contributed by atoms with Crippen molar-refractivity contribution < 1.29 is 0 Å². The zero-order valence-electron chi connectivity index (χ0n) is 21.1. The Kier molecular flexibility index (Phi) is 5.07. The monoisotopic (exact) mass is 476 g/mol. The third kappa shape index (κ3) is 3.29. The molecule has 7 rings (SSSR count). The van der Waals surface area contributed by atoms with Crippen molar-refractivity contribution in [2.24, 2.45) is 4.99 Å². The molecule has 0 saturated carbocycles. The lowest BCUT2D eigenvalue weighted by Crippen LogP contribution is -2.25. The molecule has 0 heterocycles. The van der Waals surface area contributed by atoms with Crippen LogP contribution in [0.1, 0.15) is 42.9 Å². The Morgan fingerprint density at radius 1 is 0.811 bits per heavy atom. The third-order valence-electron chi connectivity index (χ3n) is 7.86. The fourth-order valence-electron chi connectivity index (χ4n) is 6.31. The maximum Gasteiger partial charge on any atom is 0.110 e. The number of allylic oxidation sites excluding steroid dienone is 2. The van der Waals surface area contributed by atoms with Crippen LogP contribution in [0, 0.1) is 0 Å². The SMILES string of the molecule is C/C=C\N=C(C)N(c1ccc2c3c1C=CCC3c1ccccc1-2)c1cc2ccccc2c2ccccc12. The van der Waals surface area contributed by atoms with Gasteiger partial charge in [0.25, 0.3) is 0 Å². The molecule has 0 saturated heterocycles. The van der Waals surface area contributed by atoms with E-state index in [9.17, 15) is 0 Å². The van der Waals surface area contributed by atoms with Crippen molar-refractivity contribution in [3.05, 3.63) is 126 Å². The van der Waals surface area contributed by atoms with Gasteiger partial charge in [0.05, 0.1) is 11.4 Å². The second kappa shape index (κ2) is 8.60. The summed E-state index contributed by atoms with van der Waals surface area (Å²) in [7, 11) is 0. The van der Waals surface area contributed by atoms with Crippen molar-refractivity contribution in [3.63, 3.8) is 0 Å². The number of nitrogens with zero attached hydrogens (tertiary/aromatic N) is 2. The molecule has 0 aromatic heterocycles. The highest BCUT2D eigenvalue weighted by atomic mass is 15.2. The van der Waals surface area contributed by atoms with E-state index in [1.54, 1.807) is 0 Å². The Balaban J connectivity index is 1.54. The van der Waals surface area contributed by atoms with Crippen molar-refractivity contribution in [3.8, 4) is 11.1 Å². The highest BCUT2D eigenvalue weighted by Crippen LogP contribution is 2.53. The molecule has 0 bridgehead atoms. The average Bonchev–Trinajstić information content (AvgIpc) is 3.28. The molecule has 0 N–H and O–H groups in total. The third-order valence-corrected chi connectivity index (χ3v) is 7.86. The van der Waals surface area contributed by atoms with Gasteiger partial charge in [-0.15, -0.1) is 0 Å². The van der Waals surface area contributed by atoms with Gasteiger partial charge in [-0.3, -0.25) is 4.90 Å². The van der Waals surface area contributed by atoms with Crippen molar-refractivity contribution in [1.29, 1.82) is 0 Å². The molecule has 5 aromatic carbocycles. The van der Waals surface area contributed by atoms with E-state index in [0.717, 1.165) is 17.9 Å². The zero-order valence-corrected chi connectivity index (χ0v) is 21.1. The predicted octanol–water partition coefficient (Wildman–Crippen LogP) is 9.61. The molecular weight excluding hydrogens is 448 g/mol. The van der Waals surface area contributed by atoms with Gasteiger partial charge in [0.1, 0.15) is 5.84 Å². The fourth-order valence-corrected chi connectivity index (χ4v) is 6.31. The van der Waals surface area contributed by atoms with Crippen molar-refractivity contribution >= 4 is 44.8 Å². The smallest absolute Gasteiger partial charge is 0.110 e. The fraction of sp³-hybridized carbons (Fsp3) is 0.114. The van der Waals surface area contributed by atoms with Crippen LogP contribution in [0.15, 0.2) is 114 Å². The molecular formula is C35H28N2. The van der Waals surface area contributed by atoms with Gasteiger partial charge in [-0.25, -0.2) is 4.99 Å². The highest BCUT2D eigenvalue weighted by molar-refractivity contribution is 6.18. The average molecular weight is 477 g/mol. The lowest BCUT2D eigenvalue weighted by atomic mass is 9.85. The van der Waals surface area contributed by atoms with Gasteiger partial charge < -0.3 is 0 Å². The Morgan fingerprint density at radius 2 is 1.57 bits per heavy atom. The van der Waals surface area contributed by atoms with Crippen LogP contribution in [-0.2, 0) is 0 Å². The summed E-state index contributed by atoms with van der Waals surface area (Å²) >= 11 is 0. The van der Waals surface area contributed by atoms with E-state index in [4.69, 9.17) is 4.99 Å². The minimum Gasteiger partial charge on any atom is -0.297 e. The number of aliphatic imine (C=N–C) groups is 1. The predicted molar refractivity (Wildman–Crippen MR) is 159 cm³/mol. The summed E-state index contributed by atoms with van der Waals surface area (Å²) in [5.74, 6) is 1.36. The molecule has 2 heteroatoms. The molecule has 1 unspecified atom stereocenters. The van der Waals surface area contributed by atoms with E-state index in [1.807, 2.05) is 19.2 Å². The highest BCUT2D eigenvalue weighted by Gasteiger charge is 2.34. The summed E-state index contributed by atoms with van der Waals surface area (Å²) in [6.07, 6.45) is 9.59. The minimum absolute atomic E-state index is 0.411. The van der Waals surface area contributed by atoms with Crippen LogP contribution >= 0.6 is 0 Å². The summed E-state index contributed by atoms with van der Waals surface area (Å²) in [6.45, 7) is 4.12. The summed E-state index contributed by atoms with van der Waals surface area (Å²) < 4.78 is 0. The summed E-state index contributed by atoms with van der Waals surface area (Å²) in [5, 5.41) is 4.99. The molecule has 2 aliphatic rings. The lowest BCUT2D eigenvalue weighted by Gasteiger charge is -2.31. The Labute approximate surface area is 217 Å². The molecule has 37 heavy (non-hydrogen) atoms. The quantitative estimate of drug-likeness (QED) is 0.144. The summed E-state index contributed by atoms with van der Waals surface area (Å²) in [6, 6.07) is 33.3. The number of hydrogen-bond donors (Lipinski definition) is 0. The van der Waals surface area contributed by atoms with Crippen LogP contribution in [0.25, 0.3) is 38.7 Å². The number of fused-ring (bicyclic) bond motifs is 6. The van der Waals surface area contributed by atoms with Crippen molar-refractivity contribution in [2.45, 2.75) is 26.2 Å². The van der Waals surface area contributed by atoms with E-state index in [1.165, 1.54) is 55.0 Å². The molecule has 5 aromatic rings. The zero-order chi connectivity index (χ0) is 24.9. The number of hydrogen-bond acceptors (Lipinski definition) is 1. The second-order valence-electron chi connectivity index (χ2n) is 9.89. The second-order valence-corrected chi connectivity index (χ2v) is 9.89. The maximum absolute atomic E-state index is 4.87. The van der Waals surface area contributed by atoms with Crippen LogP contribution in [0.5, 0.6) is 0 Å². The molecule has 2 nitrogen and oxygen atoms in total. The standard InChI is InChI=1S/C35H28N2/c1-3-21-36-23(2)37(34-22-24-11-4-5-12-25(24)26-13-8-9-16-29(26)34)33-20-19-31-28-15-7-6-14-27(28)30-17-10-18-32(33)35(30)31/h3-16,18-22,30H,17H2,1-2H3/b21-3-,36-23?. The summed E-state index contributed by atoms with van der Waals surface area (Å²) in [4.78, 5) is 7.23. The lowest BCUT2D eigenvalue weighted by molar-refractivity contribution is 0.844. The Morgan fingerprint density at radius 3 is 2.43 bits per heavy atom. The number of benzene rings is 5. The molecule has 2 aliphatic carbocycles. The molecule has 0 fully saturated rings. The van der Waals surface area contributed by atoms with Crippen molar-refractivity contribution in [2.75, 3.05) is 4.90 Å². The van der Waals surface area contributed by atoms with Crippen LogP contribution in [0.3, 0.4) is 0 Å². The van der Waals surface area contributed by atoms with Gasteiger partial charge in [0.2, 0.25) is 0 Å². The first-order valence-electron chi connectivity index (χ1n) is 13.0. The van der Waals surface area contributed by atoms with Gasteiger partial charge >= 0.3 is 0 Å². The van der Waals surface area contributed by atoms with Gasteiger partial charge in [0.15, 0.2) is 0 Å². The van der Waals surface area contributed by atoms with E-state index in [2.05, 4.69) is 115 Å². The largest absolute Gasteiger partial charge is 0.297 e. The van der Waals surface area contributed by atoms with Crippen LogP contribution in [0.2, 0.25) is 0 Å². The molecule has 178 valence electrons. The van der Waals surface area contributed by atoms with Gasteiger partial charge in [-0.2, -0.15) is 0 Å². The molecule has 0 aliphatic heterocycles. The van der Waals surface area contributed by atoms with Gasteiger partial charge in [-0.1, -0.05) is 97.1 Å². The van der Waals surface area contributed by atoms with E-state index >= 15 is 0 Å². The minimum atomic E-state index is 0.411. The van der Waals surface area contributed by atoms with E-state index < -0.39 is 0 Å². The van der Waals surface area contributed by atoms with E-state index in [0.29, 0.717) is 5.92 Å². The van der Waals surface area contributed by atoms with Crippen LogP contribution < -0.4 is 4.90 Å². The van der Waals surface area contributed by atoms with Crippen LogP contribution in [0.4, 0.5) is 11.4 Å². The molecule has 0 radical (unpaired) electrons. The van der Waals surface area contributed by atoms with E-state index in [-0.39, 0.29) is 0 Å². The van der Waals surface area contributed by atoms with Gasteiger partial charge in [0, 0.05) is 23.1 Å². The first-order chi connectivity index (χ1) is 18.3. The Hall–Kier alpha value is -4.43. The Bertz CT molecular complexity index is 1790.